The summed E-state index contributed by atoms with van der Waals surface area (Å²) in [5.74, 6) is 0.0551. The van der Waals surface area contributed by atoms with Crippen molar-refractivity contribution in [2.75, 3.05) is 13.1 Å². The molecule has 1 heterocycles. The van der Waals surface area contributed by atoms with Crippen molar-refractivity contribution in [3.05, 3.63) is 54.4 Å². The predicted octanol–water partition coefficient (Wildman–Crippen LogP) is 1.71. The molecule has 0 radical (unpaired) electrons. The normalized spacial score (nSPS) is 16.7. The summed E-state index contributed by atoms with van der Waals surface area (Å²) in [5, 5.41) is 10.5. The van der Waals surface area contributed by atoms with E-state index in [1.54, 1.807) is 6.20 Å². The molecule has 1 fully saturated rings. The molecule has 1 atom stereocenters. The fourth-order valence-corrected chi connectivity index (χ4v) is 2.86. The van der Waals surface area contributed by atoms with Gasteiger partial charge in [0, 0.05) is 30.4 Å². The maximum absolute atomic E-state index is 12.1. The minimum atomic E-state index is 0.0551. The average molecular weight is 312 g/mol. The third-order valence-corrected chi connectivity index (χ3v) is 4.49. The maximum Gasteiger partial charge on any atom is 0.233 e. The van der Waals surface area contributed by atoms with Crippen LogP contribution in [0.1, 0.15) is 25.3 Å². The summed E-state index contributed by atoms with van der Waals surface area (Å²) in [6.07, 6.45) is 5.99. The fourth-order valence-electron chi connectivity index (χ4n) is 2.86. The molecule has 5 heteroatoms. The number of carbonyl (C=O) groups is 1. The van der Waals surface area contributed by atoms with Crippen LogP contribution in [0.3, 0.4) is 0 Å². The van der Waals surface area contributed by atoms with Gasteiger partial charge in [0.25, 0.3) is 0 Å². The minimum absolute atomic E-state index is 0.0551. The van der Waals surface area contributed by atoms with E-state index in [1.165, 1.54) is 5.56 Å². The monoisotopic (exact) mass is 312 g/mol. The number of aromatic nitrogens is 2. The summed E-state index contributed by atoms with van der Waals surface area (Å²) in [7, 11) is 0. The van der Waals surface area contributed by atoms with Gasteiger partial charge in [0.05, 0.1) is 13.1 Å². The molecule has 1 aliphatic rings. The van der Waals surface area contributed by atoms with E-state index in [-0.39, 0.29) is 17.4 Å². The Morgan fingerprint density at radius 3 is 2.74 bits per heavy atom. The zero-order valence-corrected chi connectivity index (χ0v) is 13.5. The molecule has 1 aliphatic carbocycles. The first-order chi connectivity index (χ1) is 11.2. The quantitative estimate of drug-likeness (QED) is 0.780. The number of carbonyl (C=O) groups excluding carboxylic acids is 1. The number of amides is 1. The Kier molecular flexibility index (Phi) is 4.76. The van der Waals surface area contributed by atoms with Crippen LogP contribution in [0, 0.1) is 0 Å². The number of nitrogens with one attached hydrogen (secondary N) is 2. The molecule has 1 aromatic heterocycles. The molecular formula is C18H24N4O. The van der Waals surface area contributed by atoms with Crippen LogP contribution in [0.15, 0.2) is 48.8 Å². The van der Waals surface area contributed by atoms with Crippen molar-refractivity contribution in [3.63, 3.8) is 0 Å². The van der Waals surface area contributed by atoms with Gasteiger partial charge < -0.3 is 10.6 Å². The van der Waals surface area contributed by atoms with Gasteiger partial charge >= 0.3 is 0 Å². The predicted molar refractivity (Wildman–Crippen MR) is 90.1 cm³/mol. The SMILES string of the molecule is C[C@@H](Cn1cccn1)NCC(=O)NCC1(c2ccccc2)CC1. The van der Waals surface area contributed by atoms with Crippen molar-refractivity contribution in [3.8, 4) is 0 Å². The molecule has 0 saturated heterocycles. The van der Waals surface area contributed by atoms with Gasteiger partial charge in [-0.2, -0.15) is 5.10 Å². The highest BCUT2D eigenvalue weighted by Gasteiger charge is 2.44. The number of benzene rings is 1. The Hall–Kier alpha value is -2.14. The molecule has 23 heavy (non-hydrogen) atoms. The highest BCUT2D eigenvalue weighted by Crippen LogP contribution is 2.47. The Bertz CT molecular complexity index is 620. The van der Waals surface area contributed by atoms with Crippen LogP contribution in [-0.4, -0.2) is 34.8 Å². The third-order valence-electron chi connectivity index (χ3n) is 4.49. The molecule has 1 amide bonds. The summed E-state index contributed by atoms with van der Waals surface area (Å²) in [4.78, 5) is 12.1. The van der Waals surface area contributed by atoms with Crippen molar-refractivity contribution < 1.29 is 4.79 Å². The Morgan fingerprint density at radius 2 is 2.09 bits per heavy atom. The van der Waals surface area contributed by atoms with Gasteiger partial charge in [0.2, 0.25) is 5.91 Å². The molecule has 2 N–H and O–H groups in total. The molecule has 2 aromatic rings. The summed E-state index contributed by atoms with van der Waals surface area (Å²) < 4.78 is 1.87. The van der Waals surface area contributed by atoms with E-state index < -0.39 is 0 Å². The summed E-state index contributed by atoms with van der Waals surface area (Å²) >= 11 is 0. The zero-order chi connectivity index (χ0) is 16.1. The van der Waals surface area contributed by atoms with Gasteiger partial charge in [-0.05, 0) is 31.4 Å². The second-order valence-corrected chi connectivity index (χ2v) is 6.43. The van der Waals surface area contributed by atoms with Crippen LogP contribution in [0.25, 0.3) is 0 Å². The molecule has 5 nitrogen and oxygen atoms in total. The highest BCUT2D eigenvalue weighted by atomic mass is 16.1. The summed E-state index contributed by atoms with van der Waals surface area (Å²) in [6, 6.07) is 12.6. The Morgan fingerprint density at radius 1 is 1.30 bits per heavy atom. The third kappa shape index (κ3) is 4.20. The van der Waals surface area contributed by atoms with E-state index in [1.807, 2.05) is 23.0 Å². The summed E-state index contributed by atoms with van der Waals surface area (Å²) in [5.41, 5.74) is 1.50. The molecule has 0 spiro atoms. The number of hydrogen-bond donors (Lipinski definition) is 2. The highest BCUT2D eigenvalue weighted by molar-refractivity contribution is 5.78. The second-order valence-electron chi connectivity index (χ2n) is 6.43. The van der Waals surface area contributed by atoms with Gasteiger partial charge in [-0.1, -0.05) is 30.3 Å². The molecule has 1 saturated carbocycles. The van der Waals surface area contributed by atoms with E-state index in [0.717, 1.165) is 25.9 Å². The van der Waals surface area contributed by atoms with Gasteiger partial charge in [-0.3, -0.25) is 9.48 Å². The number of hydrogen-bond acceptors (Lipinski definition) is 3. The largest absolute Gasteiger partial charge is 0.354 e. The number of rotatable bonds is 8. The smallest absolute Gasteiger partial charge is 0.233 e. The van der Waals surface area contributed by atoms with E-state index >= 15 is 0 Å². The molecule has 0 aliphatic heterocycles. The number of nitrogens with zero attached hydrogens (tertiary/aromatic N) is 2. The van der Waals surface area contributed by atoms with Crippen LogP contribution in [0.4, 0.5) is 0 Å². The fraction of sp³-hybridized carbons (Fsp3) is 0.444. The lowest BCUT2D eigenvalue weighted by molar-refractivity contribution is -0.120. The standard InChI is InChI=1S/C18H24N4O/c1-15(13-22-11-5-10-21-22)19-12-17(23)20-14-18(8-9-18)16-6-3-2-4-7-16/h2-7,10-11,15,19H,8-9,12-14H2,1H3,(H,20,23)/t15-/m0/s1. The molecular weight excluding hydrogens is 288 g/mol. The lowest BCUT2D eigenvalue weighted by Gasteiger charge is -2.18. The van der Waals surface area contributed by atoms with Gasteiger partial charge in [0.15, 0.2) is 0 Å². The zero-order valence-electron chi connectivity index (χ0n) is 13.5. The van der Waals surface area contributed by atoms with Crippen LogP contribution < -0.4 is 10.6 Å². The molecule has 1 aromatic carbocycles. The molecule has 0 bridgehead atoms. The minimum Gasteiger partial charge on any atom is -0.354 e. The first kappa shape index (κ1) is 15.7. The van der Waals surface area contributed by atoms with Crippen molar-refractivity contribution >= 4 is 5.91 Å². The molecule has 0 unspecified atom stereocenters. The second kappa shape index (κ2) is 6.96. The average Bonchev–Trinajstić information content (AvgIpc) is 3.21. The Labute approximate surface area is 137 Å². The van der Waals surface area contributed by atoms with Crippen molar-refractivity contribution in [2.24, 2.45) is 0 Å². The lowest BCUT2D eigenvalue weighted by Crippen LogP contribution is -2.42. The first-order valence-corrected chi connectivity index (χ1v) is 8.21. The van der Waals surface area contributed by atoms with Gasteiger partial charge in [-0.15, -0.1) is 0 Å². The van der Waals surface area contributed by atoms with E-state index in [4.69, 9.17) is 0 Å². The van der Waals surface area contributed by atoms with Crippen molar-refractivity contribution in [1.82, 2.24) is 20.4 Å². The summed E-state index contributed by atoms with van der Waals surface area (Å²) in [6.45, 7) is 3.88. The molecule has 3 rings (SSSR count). The van der Waals surface area contributed by atoms with E-state index in [0.29, 0.717) is 6.54 Å². The molecule has 122 valence electrons. The Balaban J connectivity index is 1.40. The van der Waals surface area contributed by atoms with Crippen LogP contribution in [0.2, 0.25) is 0 Å². The van der Waals surface area contributed by atoms with Crippen LogP contribution in [0.5, 0.6) is 0 Å². The lowest BCUT2D eigenvalue weighted by atomic mass is 9.96. The van der Waals surface area contributed by atoms with Gasteiger partial charge in [-0.25, -0.2) is 0 Å². The van der Waals surface area contributed by atoms with Crippen molar-refractivity contribution in [2.45, 2.75) is 37.8 Å². The van der Waals surface area contributed by atoms with Crippen LogP contribution >= 0.6 is 0 Å². The van der Waals surface area contributed by atoms with Crippen molar-refractivity contribution in [1.29, 1.82) is 0 Å². The first-order valence-electron chi connectivity index (χ1n) is 8.21. The van der Waals surface area contributed by atoms with Gasteiger partial charge in [0.1, 0.15) is 0 Å². The topological polar surface area (TPSA) is 59.0 Å². The van der Waals surface area contributed by atoms with E-state index in [9.17, 15) is 4.79 Å². The van der Waals surface area contributed by atoms with E-state index in [2.05, 4.69) is 46.9 Å². The van der Waals surface area contributed by atoms with Crippen LogP contribution in [-0.2, 0) is 16.8 Å². The maximum atomic E-state index is 12.1.